The molecular formula is C44H70N2O2. The van der Waals surface area contributed by atoms with Gasteiger partial charge in [-0.05, 0) is 120 Å². The highest BCUT2D eigenvalue weighted by atomic mass is 16.1. The lowest BCUT2D eigenvalue weighted by atomic mass is 9.72. The van der Waals surface area contributed by atoms with E-state index in [0.717, 1.165) is 35.8 Å². The normalized spacial score (nSPS) is 19.1. The third kappa shape index (κ3) is 16.9. The van der Waals surface area contributed by atoms with E-state index in [0.29, 0.717) is 11.1 Å². The quantitative estimate of drug-likeness (QED) is 0.219. The standard InChI is InChI=1S/C23H31NO2.C9H17N.C8H10.2C2H6/c1-5-19-6-8-20(9-7-19)15-21-10-12-22(13-11-21)24-23(26)17(3)14-16(2)18(4)25;1-2-8(3-1)9-4-6-10-7-5-9;1-7-3-5-8(2)6-4-7;2*1-2/h10-14,19-20H,2,5-9,15H2,1,3-4H3,(H,24,26);8-10H,1-7H2;3-6H,1-2H3;2*1-2H3/b17-14+;;;;. The van der Waals surface area contributed by atoms with Gasteiger partial charge in [-0.2, -0.15) is 0 Å². The van der Waals surface area contributed by atoms with Crippen LogP contribution >= 0.6 is 0 Å². The molecule has 48 heavy (non-hydrogen) atoms. The fourth-order valence-corrected chi connectivity index (χ4v) is 6.42. The Morgan fingerprint density at radius 1 is 0.750 bits per heavy atom. The lowest BCUT2D eigenvalue weighted by Crippen LogP contribution is -2.33. The molecule has 4 heteroatoms. The molecular weight excluding hydrogens is 588 g/mol. The van der Waals surface area contributed by atoms with Gasteiger partial charge in [0.25, 0.3) is 5.91 Å². The Kier molecular flexibility index (Phi) is 22.5. The van der Waals surface area contributed by atoms with E-state index in [2.05, 4.69) is 74.4 Å². The summed E-state index contributed by atoms with van der Waals surface area (Å²) in [5.74, 6) is 3.60. The number of hydrogen-bond donors (Lipinski definition) is 2. The summed E-state index contributed by atoms with van der Waals surface area (Å²) >= 11 is 0. The average Bonchev–Trinajstić information content (AvgIpc) is 3.09. The van der Waals surface area contributed by atoms with Crippen molar-refractivity contribution in [2.75, 3.05) is 18.4 Å². The minimum absolute atomic E-state index is 0.130. The zero-order chi connectivity index (χ0) is 35.9. The van der Waals surface area contributed by atoms with Gasteiger partial charge in [-0.25, -0.2) is 0 Å². The SMILES string of the molecule is C1CC(C2CCNCC2)C1.C=C(/C=C(\C)C(=O)Nc1ccc(CC2CCC(CC)CC2)cc1)C(C)=O.CC.CC.Cc1ccc(C)cc1. The maximum Gasteiger partial charge on any atom is 0.251 e. The summed E-state index contributed by atoms with van der Waals surface area (Å²) < 4.78 is 0. The van der Waals surface area contributed by atoms with Crippen LogP contribution in [0.1, 0.15) is 129 Å². The molecule has 0 unspecified atom stereocenters. The van der Waals surface area contributed by atoms with Crippen molar-refractivity contribution >= 4 is 17.4 Å². The van der Waals surface area contributed by atoms with Crippen LogP contribution in [0.4, 0.5) is 5.69 Å². The van der Waals surface area contributed by atoms with E-state index in [1.165, 1.54) is 107 Å². The van der Waals surface area contributed by atoms with Crippen LogP contribution in [-0.4, -0.2) is 24.8 Å². The number of rotatable bonds is 8. The smallest absolute Gasteiger partial charge is 0.251 e. The van der Waals surface area contributed by atoms with Gasteiger partial charge in [0.15, 0.2) is 5.78 Å². The van der Waals surface area contributed by atoms with E-state index in [-0.39, 0.29) is 11.7 Å². The number of hydrogen-bond acceptors (Lipinski definition) is 3. The van der Waals surface area contributed by atoms with Gasteiger partial charge in [-0.3, -0.25) is 9.59 Å². The van der Waals surface area contributed by atoms with Gasteiger partial charge in [-0.15, -0.1) is 0 Å². The Balaban J connectivity index is 0.000000422. The highest BCUT2D eigenvalue weighted by Gasteiger charge is 2.27. The molecule has 0 spiro atoms. The highest BCUT2D eigenvalue weighted by molar-refractivity contribution is 6.05. The van der Waals surface area contributed by atoms with Gasteiger partial charge in [0, 0.05) is 16.8 Å². The van der Waals surface area contributed by atoms with Gasteiger partial charge in [-0.1, -0.05) is 127 Å². The number of amides is 1. The van der Waals surface area contributed by atoms with Crippen molar-refractivity contribution in [1.82, 2.24) is 5.32 Å². The minimum Gasteiger partial charge on any atom is -0.322 e. The Hall–Kier alpha value is -2.98. The van der Waals surface area contributed by atoms with Crippen LogP contribution in [0.2, 0.25) is 0 Å². The third-order valence-corrected chi connectivity index (χ3v) is 9.90. The molecule has 2 saturated carbocycles. The second kappa shape index (κ2) is 25.1. The van der Waals surface area contributed by atoms with E-state index in [1.54, 1.807) is 6.92 Å². The number of carbonyl (C=O) groups is 2. The van der Waals surface area contributed by atoms with Crippen LogP contribution in [0.3, 0.4) is 0 Å². The zero-order valence-corrected chi connectivity index (χ0v) is 32.2. The molecule has 1 heterocycles. The molecule has 0 aromatic heterocycles. The van der Waals surface area contributed by atoms with Crippen LogP contribution in [-0.2, 0) is 16.0 Å². The number of benzene rings is 2. The maximum atomic E-state index is 12.2. The van der Waals surface area contributed by atoms with Crippen molar-refractivity contribution in [3.8, 4) is 0 Å². The number of anilines is 1. The molecule has 0 radical (unpaired) electrons. The van der Waals surface area contributed by atoms with Crippen LogP contribution in [0.15, 0.2) is 72.3 Å². The fraction of sp³-hybridized carbons (Fsp3) is 0.591. The van der Waals surface area contributed by atoms with E-state index >= 15 is 0 Å². The minimum atomic E-state index is -0.210. The van der Waals surface area contributed by atoms with Crippen molar-refractivity contribution in [2.45, 2.75) is 133 Å². The predicted octanol–water partition coefficient (Wildman–Crippen LogP) is 11.6. The molecule has 2 N–H and O–H groups in total. The predicted molar refractivity (Wildman–Crippen MR) is 210 cm³/mol. The summed E-state index contributed by atoms with van der Waals surface area (Å²) in [6.45, 7) is 23.8. The number of nitrogens with one attached hydrogen (secondary N) is 2. The molecule has 3 aliphatic rings. The highest BCUT2D eigenvalue weighted by Crippen LogP contribution is 2.37. The van der Waals surface area contributed by atoms with Crippen molar-refractivity contribution in [2.24, 2.45) is 23.7 Å². The van der Waals surface area contributed by atoms with Gasteiger partial charge < -0.3 is 10.6 Å². The number of Topliss-reactive ketones (excluding diaryl/α,β-unsaturated/α-hetero) is 1. The summed E-state index contributed by atoms with van der Waals surface area (Å²) in [4.78, 5) is 23.4. The number of ketones is 1. The number of piperidine rings is 1. The first-order valence-corrected chi connectivity index (χ1v) is 19.2. The van der Waals surface area contributed by atoms with Crippen LogP contribution < -0.4 is 10.6 Å². The first-order valence-electron chi connectivity index (χ1n) is 19.2. The third-order valence-electron chi connectivity index (χ3n) is 9.90. The van der Waals surface area contributed by atoms with Crippen LogP contribution in [0.5, 0.6) is 0 Å². The molecule has 2 aromatic carbocycles. The Morgan fingerprint density at radius 2 is 1.23 bits per heavy atom. The summed E-state index contributed by atoms with van der Waals surface area (Å²) in [5.41, 5.74) is 5.58. The summed E-state index contributed by atoms with van der Waals surface area (Å²) in [7, 11) is 0. The van der Waals surface area contributed by atoms with E-state index in [9.17, 15) is 9.59 Å². The maximum absolute atomic E-state index is 12.2. The van der Waals surface area contributed by atoms with Crippen LogP contribution in [0.25, 0.3) is 0 Å². The molecule has 2 aromatic rings. The molecule has 268 valence electrons. The van der Waals surface area contributed by atoms with Gasteiger partial charge in [0.05, 0.1) is 0 Å². The van der Waals surface area contributed by atoms with Crippen molar-refractivity contribution in [3.05, 3.63) is 89.0 Å². The fourth-order valence-electron chi connectivity index (χ4n) is 6.42. The molecule has 3 fully saturated rings. The summed E-state index contributed by atoms with van der Waals surface area (Å²) in [5, 5.41) is 6.29. The molecule has 0 bridgehead atoms. The Morgan fingerprint density at radius 3 is 1.67 bits per heavy atom. The van der Waals surface area contributed by atoms with Crippen molar-refractivity contribution in [3.63, 3.8) is 0 Å². The molecule has 1 saturated heterocycles. The molecule has 5 rings (SSSR count). The zero-order valence-electron chi connectivity index (χ0n) is 32.2. The van der Waals surface area contributed by atoms with Crippen molar-refractivity contribution < 1.29 is 9.59 Å². The largest absolute Gasteiger partial charge is 0.322 e. The van der Waals surface area contributed by atoms with Gasteiger partial charge >= 0.3 is 0 Å². The topological polar surface area (TPSA) is 58.2 Å². The van der Waals surface area contributed by atoms with E-state index in [4.69, 9.17) is 0 Å². The summed E-state index contributed by atoms with van der Waals surface area (Å²) in [6, 6.07) is 16.6. The van der Waals surface area contributed by atoms with Gasteiger partial charge in [0.1, 0.15) is 0 Å². The van der Waals surface area contributed by atoms with Gasteiger partial charge in [0.2, 0.25) is 0 Å². The molecule has 4 nitrogen and oxygen atoms in total. The Labute approximate surface area is 295 Å². The molecule has 1 amide bonds. The molecule has 2 aliphatic carbocycles. The van der Waals surface area contributed by atoms with E-state index < -0.39 is 0 Å². The number of aryl methyl sites for hydroxylation is 2. The summed E-state index contributed by atoms with van der Waals surface area (Å²) in [6.07, 6.45) is 16.8. The Bertz CT molecular complexity index is 1170. The lowest BCUT2D eigenvalue weighted by Gasteiger charge is -2.36. The first-order chi connectivity index (χ1) is 23.1. The van der Waals surface area contributed by atoms with Crippen molar-refractivity contribution in [1.29, 1.82) is 0 Å². The second-order valence-corrected chi connectivity index (χ2v) is 13.5. The molecule has 0 atom stereocenters. The average molecular weight is 659 g/mol. The van der Waals surface area contributed by atoms with Crippen LogP contribution in [0, 0.1) is 37.5 Å². The number of allylic oxidation sites excluding steroid dienone is 2. The first kappa shape index (κ1) is 43.0. The monoisotopic (exact) mass is 659 g/mol. The lowest BCUT2D eigenvalue weighted by molar-refractivity contribution is -0.113. The van der Waals surface area contributed by atoms with E-state index in [1.807, 2.05) is 39.8 Å². The molecule has 1 aliphatic heterocycles. The second-order valence-electron chi connectivity index (χ2n) is 13.5. The number of carbonyl (C=O) groups excluding carboxylic acids is 2.